The molecule has 0 aliphatic carbocycles. The highest BCUT2D eigenvalue weighted by Gasteiger charge is 2.05. The zero-order chi connectivity index (χ0) is 11.5. The molecule has 0 unspecified atom stereocenters. The van der Waals surface area contributed by atoms with E-state index < -0.39 is 0 Å². The molecule has 16 heavy (non-hydrogen) atoms. The predicted molar refractivity (Wildman–Crippen MR) is 72.0 cm³/mol. The van der Waals surface area contributed by atoms with E-state index in [2.05, 4.69) is 48.8 Å². The first-order valence-corrected chi connectivity index (χ1v) is 6.39. The molecule has 0 spiro atoms. The fraction of sp³-hybridized carbons (Fsp3) is 0.286. The maximum Gasteiger partial charge on any atom is 0.0296 e. The topological polar surface area (TPSA) is 12.0 Å². The third-order valence-electron chi connectivity index (χ3n) is 2.92. The van der Waals surface area contributed by atoms with Gasteiger partial charge in [-0.3, -0.25) is 0 Å². The average Bonchev–Trinajstić information content (AvgIpc) is 2.71. The van der Waals surface area contributed by atoms with Gasteiger partial charge in [-0.05, 0) is 54.6 Å². The standard InChI is InChI=1S/C14H17NS/c1-10-5-4-6-14(11(10)2)12-7-13(8-15-3)16-9-12/h4-7,9,15H,8H2,1-3H3. The smallest absolute Gasteiger partial charge is 0.0296 e. The number of hydrogen-bond donors (Lipinski definition) is 1. The summed E-state index contributed by atoms with van der Waals surface area (Å²) >= 11 is 1.82. The number of rotatable bonds is 3. The molecule has 1 N–H and O–H groups in total. The fourth-order valence-electron chi connectivity index (χ4n) is 1.85. The molecule has 1 nitrogen and oxygen atoms in total. The Morgan fingerprint density at radius 2 is 2.06 bits per heavy atom. The van der Waals surface area contributed by atoms with Crippen molar-refractivity contribution >= 4 is 11.3 Å². The minimum absolute atomic E-state index is 0.954. The first-order chi connectivity index (χ1) is 7.72. The van der Waals surface area contributed by atoms with Crippen LogP contribution < -0.4 is 5.32 Å². The summed E-state index contributed by atoms with van der Waals surface area (Å²) in [5.41, 5.74) is 5.45. The van der Waals surface area contributed by atoms with E-state index in [0.717, 1.165) is 6.54 Å². The summed E-state index contributed by atoms with van der Waals surface area (Å²) < 4.78 is 0. The van der Waals surface area contributed by atoms with Gasteiger partial charge in [-0.1, -0.05) is 18.2 Å². The van der Waals surface area contributed by atoms with Crippen LogP contribution in [-0.4, -0.2) is 7.05 Å². The van der Waals surface area contributed by atoms with Crippen LogP contribution in [0.3, 0.4) is 0 Å². The molecule has 0 bridgehead atoms. The SMILES string of the molecule is CNCc1cc(-c2cccc(C)c2C)cs1. The summed E-state index contributed by atoms with van der Waals surface area (Å²) in [7, 11) is 1.98. The number of aryl methyl sites for hydroxylation is 1. The lowest BCUT2D eigenvalue weighted by molar-refractivity contribution is 0.831. The van der Waals surface area contributed by atoms with Gasteiger partial charge in [0.15, 0.2) is 0 Å². The van der Waals surface area contributed by atoms with E-state index in [0.29, 0.717) is 0 Å². The van der Waals surface area contributed by atoms with E-state index in [1.54, 1.807) is 0 Å². The first-order valence-electron chi connectivity index (χ1n) is 5.51. The Bertz CT molecular complexity index is 485. The van der Waals surface area contributed by atoms with Gasteiger partial charge in [0.05, 0.1) is 0 Å². The van der Waals surface area contributed by atoms with Crippen LogP contribution in [0.15, 0.2) is 29.6 Å². The third kappa shape index (κ3) is 2.18. The van der Waals surface area contributed by atoms with Gasteiger partial charge < -0.3 is 5.32 Å². The quantitative estimate of drug-likeness (QED) is 0.848. The molecule has 0 saturated carbocycles. The predicted octanol–water partition coefficient (Wildman–Crippen LogP) is 3.75. The van der Waals surface area contributed by atoms with Crippen molar-refractivity contribution in [1.29, 1.82) is 0 Å². The minimum atomic E-state index is 0.954. The number of thiophene rings is 1. The van der Waals surface area contributed by atoms with E-state index in [-0.39, 0.29) is 0 Å². The van der Waals surface area contributed by atoms with E-state index in [4.69, 9.17) is 0 Å². The van der Waals surface area contributed by atoms with Gasteiger partial charge in [-0.2, -0.15) is 0 Å². The molecule has 0 amide bonds. The van der Waals surface area contributed by atoms with E-state index in [1.807, 2.05) is 18.4 Å². The first kappa shape index (κ1) is 11.4. The van der Waals surface area contributed by atoms with E-state index in [9.17, 15) is 0 Å². The average molecular weight is 231 g/mol. The molecule has 0 saturated heterocycles. The van der Waals surface area contributed by atoms with Gasteiger partial charge in [-0.15, -0.1) is 11.3 Å². The number of benzene rings is 1. The normalized spacial score (nSPS) is 10.7. The Kier molecular flexibility index (Phi) is 3.42. The second kappa shape index (κ2) is 4.81. The lowest BCUT2D eigenvalue weighted by Crippen LogP contribution is -2.02. The summed E-state index contributed by atoms with van der Waals surface area (Å²) in [6, 6.07) is 8.78. The van der Waals surface area contributed by atoms with Crippen molar-refractivity contribution in [3.8, 4) is 11.1 Å². The van der Waals surface area contributed by atoms with Crippen molar-refractivity contribution in [2.75, 3.05) is 7.05 Å². The van der Waals surface area contributed by atoms with Crippen molar-refractivity contribution in [1.82, 2.24) is 5.32 Å². The van der Waals surface area contributed by atoms with Crippen LogP contribution in [0.5, 0.6) is 0 Å². The van der Waals surface area contributed by atoms with E-state index >= 15 is 0 Å². The summed E-state index contributed by atoms with van der Waals surface area (Å²) in [4.78, 5) is 1.39. The third-order valence-corrected chi connectivity index (χ3v) is 3.86. The van der Waals surface area contributed by atoms with Gasteiger partial charge >= 0.3 is 0 Å². The van der Waals surface area contributed by atoms with Crippen LogP contribution in [0.4, 0.5) is 0 Å². The second-order valence-electron chi connectivity index (χ2n) is 4.08. The van der Waals surface area contributed by atoms with Crippen LogP contribution in [0, 0.1) is 13.8 Å². The maximum atomic E-state index is 3.19. The molecule has 0 atom stereocenters. The van der Waals surface area contributed by atoms with Gasteiger partial charge in [-0.25, -0.2) is 0 Å². The monoisotopic (exact) mass is 231 g/mol. The largest absolute Gasteiger partial charge is 0.315 e. The Labute approximate surface area is 101 Å². The Morgan fingerprint density at radius 1 is 1.25 bits per heavy atom. The molecule has 0 aliphatic heterocycles. The minimum Gasteiger partial charge on any atom is -0.315 e. The highest BCUT2D eigenvalue weighted by atomic mass is 32.1. The molecule has 0 aliphatic rings. The van der Waals surface area contributed by atoms with Gasteiger partial charge in [0, 0.05) is 11.4 Å². The summed E-state index contributed by atoms with van der Waals surface area (Å²) in [6.45, 7) is 5.31. The van der Waals surface area contributed by atoms with Crippen molar-refractivity contribution in [3.05, 3.63) is 45.6 Å². The molecular formula is C14H17NS. The van der Waals surface area contributed by atoms with Crippen molar-refractivity contribution in [2.45, 2.75) is 20.4 Å². The molecular weight excluding hydrogens is 214 g/mol. The Hall–Kier alpha value is -1.12. The van der Waals surface area contributed by atoms with Crippen molar-refractivity contribution in [2.24, 2.45) is 0 Å². The molecule has 2 heteroatoms. The zero-order valence-corrected chi connectivity index (χ0v) is 10.8. The molecule has 2 aromatic rings. The lowest BCUT2D eigenvalue weighted by atomic mass is 9.99. The maximum absolute atomic E-state index is 3.19. The van der Waals surface area contributed by atoms with Crippen LogP contribution in [0.25, 0.3) is 11.1 Å². The molecule has 1 heterocycles. The van der Waals surface area contributed by atoms with Crippen LogP contribution in [0.1, 0.15) is 16.0 Å². The highest BCUT2D eigenvalue weighted by molar-refractivity contribution is 7.10. The van der Waals surface area contributed by atoms with Crippen LogP contribution >= 0.6 is 11.3 Å². The Morgan fingerprint density at radius 3 is 2.81 bits per heavy atom. The molecule has 2 rings (SSSR count). The molecule has 84 valence electrons. The fourth-order valence-corrected chi connectivity index (χ4v) is 2.75. The van der Waals surface area contributed by atoms with Gasteiger partial charge in [0.25, 0.3) is 0 Å². The number of hydrogen-bond acceptors (Lipinski definition) is 2. The highest BCUT2D eigenvalue weighted by Crippen LogP contribution is 2.29. The van der Waals surface area contributed by atoms with Crippen molar-refractivity contribution in [3.63, 3.8) is 0 Å². The van der Waals surface area contributed by atoms with Crippen molar-refractivity contribution < 1.29 is 0 Å². The lowest BCUT2D eigenvalue weighted by Gasteiger charge is -2.06. The van der Waals surface area contributed by atoms with Crippen LogP contribution in [-0.2, 0) is 6.54 Å². The zero-order valence-electron chi connectivity index (χ0n) is 10.0. The van der Waals surface area contributed by atoms with Gasteiger partial charge in [0.2, 0.25) is 0 Å². The molecule has 1 aromatic heterocycles. The van der Waals surface area contributed by atoms with Gasteiger partial charge in [0.1, 0.15) is 0 Å². The molecule has 0 fully saturated rings. The van der Waals surface area contributed by atoms with E-state index in [1.165, 1.54) is 27.1 Å². The number of nitrogens with one attached hydrogen (secondary N) is 1. The van der Waals surface area contributed by atoms with Crippen LogP contribution in [0.2, 0.25) is 0 Å². The Balaban J connectivity index is 2.39. The summed E-state index contributed by atoms with van der Waals surface area (Å²) in [5, 5.41) is 5.43. The summed E-state index contributed by atoms with van der Waals surface area (Å²) in [6.07, 6.45) is 0. The summed E-state index contributed by atoms with van der Waals surface area (Å²) in [5.74, 6) is 0. The second-order valence-corrected chi connectivity index (χ2v) is 5.08. The molecule has 1 aromatic carbocycles. The molecule has 0 radical (unpaired) electrons.